The molecule has 0 aromatic heterocycles. The lowest BCUT2D eigenvalue weighted by atomic mass is 10.0. The number of hydrogen-bond donors (Lipinski definition) is 1. The summed E-state index contributed by atoms with van der Waals surface area (Å²) < 4.78 is 21.4. The minimum absolute atomic E-state index is 0.00207. The van der Waals surface area contributed by atoms with Crippen LogP contribution in [-0.4, -0.2) is 66.8 Å². The Balaban J connectivity index is 5.03. The number of Topliss-reactive ketones (excluding diaryl/α,β-unsaturated/α-hetero) is 1. The molecule has 176 valence electrons. The molecule has 0 radical (unpaired) electrons. The number of nitrogens with one attached hydrogen (secondary N) is 1. The number of carbonyl (C=O) groups excluding carboxylic acids is 4. The van der Waals surface area contributed by atoms with E-state index in [-0.39, 0.29) is 32.2 Å². The van der Waals surface area contributed by atoms with Gasteiger partial charge in [0.2, 0.25) is 0 Å². The van der Waals surface area contributed by atoms with Gasteiger partial charge in [-0.05, 0) is 48.0 Å². The standard InChI is InChI=1S/C22H35NO8/c1-9-17(25)28-14-22(8,15-29-18(26)10-2)23-19(27)21(6,7)30-12-11-20(4,5)31-13-16(3)24/h9-10H,1-2,11-15H2,3-8H3,(H,23,27). The van der Waals surface area contributed by atoms with E-state index in [9.17, 15) is 19.2 Å². The second-order valence-corrected chi connectivity index (χ2v) is 8.50. The quantitative estimate of drug-likeness (QED) is 0.302. The highest BCUT2D eigenvalue weighted by atomic mass is 16.6. The number of hydrogen-bond acceptors (Lipinski definition) is 8. The highest BCUT2D eigenvalue weighted by Gasteiger charge is 2.37. The van der Waals surface area contributed by atoms with Gasteiger partial charge in [-0.1, -0.05) is 13.2 Å². The Kier molecular flexibility index (Phi) is 11.4. The summed E-state index contributed by atoms with van der Waals surface area (Å²) in [4.78, 5) is 46.8. The minimum Gasteiger partial charge on any atom is -0.460 e. The molecule has 0 unspecified atom stereocenters. The summed E-state index contributed by atoms with van der Waals surface area (Å²) in [6, 6.07) is 0. The molecule has 0 spiro atoms. The largest absolute Gasteiger partial charge is 0.460 e. The zero-order valence-corrected chi connectivity index (χ0v) is 19.4. The number of ketones is 1. The molecule has 0 aliphatic heterocycles. The summed E-state index contributed by atoms with van der Waals surface area (Å²) in [6.07, 6.45) is 2.42. The van der Waals surface area contributed by atoms with Crippen LogP contribution in [0.3, 0.4) is 0 Å². The average Bonchev–Trinajstić information content (AvgIpc) is 2.68. The third-order valence-electron chi connectivity index (χ3n) is 4.19. The van der Waals surface area contributed by atoms with Gasteiger partial charge in [0.1, 0.15) is 31.0 Å². The van der Waals surface area contributed by atoms with E-state index in [1.165, 1.54) is 6.92 Å². The highest BCUT2D eigenvalue weighted by molar-refractivity contribution is 5.85. The summed E-state index contributed by atoms with van der Waals surface area (Å²) in [5.41, 5.74) is -3.06. The fraction of sp³-hybridized carbons (Fsp3) is 0.636. The van der Waals surface area contributed by atoms with Crippen LogP contribution in [0.5, 0.6) is 0 Å². The monoisotopic (exact) mass is 441 g/mol. The summed E-state index contributed by atoms with van der Waals surface area (Å²) >= 11 is 0. The average molecular weight is 442 g/mol. The molecule has 9 heteroatoms. The van der Waals surface area contributed by atoms with Gasteiger partial charge in [0, 0.05) is 12.2 Å². The van der Waals surface area contributed by atoms with Crippen molar-refractivity contribution in [1.29, 1.82) is 0 Å². The molecule has 0 rings (SSSR count). The summed E-state index contributed by atoms with van der Waals surface area (Å²) in [5.74, 6) is -1.94. The van der Waals surface area contributed by atoms with Gasteiger partial charge in [-0.25, -0.2) is 9.59 Å². The minimum atomic E-state index is -1.25. The summed E-state index contributed by atoms with van der Waals surface area (Å²) in [5, 5.41) is 2.72. The molecule has 31 heavy (non-hydrogen) atoms. The van der Waals surface area contributed by atoms with Crippen LogP contribution in [0.4, 0.5) is 0 Å². The number of esters is 2. The Hall–Kier alpha value is -2.52. The maximum atomic E-state index is 12.8. The van der Waals surface area contributed by atoms with Crippen molar-refractivity contribution in [1.82, 2.24) is 5.32 Å². The van der Waals surface area contributed by atoms with Crippen molar-refractivity contribution in [2.45, 2.75) is 64.7 Å². The van der Waals surface area contributed by atoms with Crippen molar-refractivity contribution in [3.8, 4) is 0 Å². The van der Waals surface area contributed by atoms with Crippen LogP contribution in [0.15, 0.2) is 25.3 Å². The van der Waals surface area contributed by atoms with Gasteiger partial charge < -0.3 is 24.3 Å². The lowest BCUT2D eigenvalue weighted by Crippen LogP contribution is -2.58. The third-order valence-corrected chi connectivity index (χ3v) is 4.19. The molecule has 0 aliphatic carbocycles. The number of rotatable bonds is 15. The van der Waals surface area contributed by atoms with Crippen molar-refractivity contribution >= 4 is 23.6 Å². The van der Waals surface area contributed by atoms with Crippen molar-refractivity contribution in [3.05, 3.63) is 25.3 Å². The van der Waals surface area contributed by atoms with E-state index >= 15 is 0 Å². The van der Waals surface area contributed by atoms with Crippen molar-refractivity contribution in [2.75, 3.05) is 26.4 Å². The van der Waals surface area contributed by atoms with Crippen LogP contribution in [0, 0.1) is 0 Å². The molecule has 0 saturated carbocycles. The number of ether oxygens (including phenoxy) is 4. The smallest absolute Gasteiger partial charge is 0.330 e. The van der Waals surface area contributed by atoms with Crippen molar-refractivity contribution in [2.24, 2.45) is 0 Å². The van der Waals surface area contributed by atoms with Crippen molar-refractivity contribution < 1.29 is 38.1 Å². The van der Waals surface area contributed by atoms with E-state index in [1.807, 2.05) is 13.8 Å². The lowest BCUT2D eigenvalue weighted by molar-refractivity contribution is -0.154. The van der Waals surface area contributed by atoms with Gasteiger partial charge in [0.05, 0.1) is 12.2 Å². The maximum absolute atomic E-state index is 12.8. The zero-order valence-electron chi connectivity index (χ0n) is 19.4. The molecule has 0 aromatic carbocycles. The fourth-order valence-corrected chi connectivity index (χ4v) is 2.10. The Bertz CT molecular complexity index is 657. The number of amides is 1. The predicted octanol–water partition coefficient (Wildman–Crippen LogP) is 1.89. The predicted molar refractivity (Wildman–Crippen MR) is 114 cm³/mol. The van der Waals surface area contributed by atoms with Crippen LogP contribution in [0.1, 0.15) is 48.0 Å². The van der Waals surface area contributed by atoms with Crippen molar-refractivity contribution in [3.63, 3.8) is 0 Å². The molecule has 1 amide bonds. The molecule has 0 bridgehead atoms. The fourth-order valence-electron chi connectivity index (χ4n) is 2.10. The van der Waals surface area contributed by atoms with Gasteiger partial charge in [-0.2, -0.15) is 0 Å². The van der Waals surface area contributed by atoms with Gasteiger partial charge >= 0.3 is 11.9 Å². The van der Waals surface area contributed by atoms with E-state index in [0.29, 0.717) is 6.42 Å². The van der Waals surface area contributed by atoms with E-state index in [2.05, 4.69) is 18.5 Å². The molecule has 0 atom stereocenters. The van der Waals surface area contributed by atoms with E-state index in [0.717, 1.165) is 12.2 Å². The molecule has 0 saturated heterocycles. The summed E-state index contributed by atoms with van der Waals surface area (Å²) in [6.45, 7) is 16.1. The van der Waals surface area contributed by atoms with Crippen LogP contribution >= 0.6 is 0 Å². The topological polar surface area (TPSA) is 117 Å². The zero-order chi connectivity index (χ0) is 24.3. The molecule has 0 aliphatic rings. The molecule has 0 fully saturated rings. The first kappa shape index (κ1) is 28.5. The van der Waals surface area contributed by atoms with Crippen LogP contribution < -0.4 is 5.32 Å². The molecule has 0 aromatic rings. The Morgan fingerprint density at radius 3 is 1.77 bits per heavy atom. The van der Waals surface area contributed by atoms with Crippen LogP contribution in [0.2, 0.25) is 0 Å². The van der Waals surface area contributed by atoms with Gasteiger partial charge in [0.15, 0.2) is 5.78 Å². The second kappa shape index (κ2) is 12.4. The maximum Gasteiger partial charge on any atom is 0.330 e. The second-order valence-electron chi connectivity index (χ2n) is 8.50. The first-order valence-electron chi connectivity index (χ1n) is 9.85. The van der Waals surface area contributed by atoms with E-state index in [1.54, 1.807) is 20.8 Å². The van der Waals surface area contributed by atoms with Gasteiger partial charge in [-0.15, -0.1) is 0 Å². The van der Waals surface area contributed by atoms with Crippen LogP contribution in [0.25, 0.3) is 0 Å². The van der Waals surface area contributed by atoms with Gasteiger partial charge in [-0.3, -0.25) is 9.59 Å². The molecule has 9 nitrogen and oxygen atoms in total. The number of carbonyl (C=O) groups is 4. The lowest BCUT2D eigenvalue weighted by Gasteiger charge is -2.34. The molecular weight excluding hydrogens is 406 g/mol. The summed E-state index contributed by atoms with van der Waals surface area (Å²) in [7, 11) is 0. The normalized spacial score (nSPS) is 11.9. The first-order chi connectivity index (χ1) is 14.2. The Labute approximate surface area is 184 Å². The molecule has 1 N–H and O–H groups in total. The molecule has 0 heterocycles. The third kappa shape index (κ3) is 12.0. The Morgan fingerprint density at radius 2 is 1.35 bits per heavy atom. The first-order valence-corrected chi connectivity index (χ1v) is 9.85. The van der Waals surface area contributed by atoms with E-state index in [4.69, 9.17) is 18.9 Å². The van der Waals surface area contributed by atoms with Crippen LogP contribution in [-0.2, 0) is 38.1 Å². The SMILES string of the molecule is C=CC(=O)OCC(C)(COC(=O)C=C)NC(=O)C(C)(C)OCCC(C)(C)OCC(C)=O. The molecular formula is C22H35NO8. The van der Waals surface area contributed by atoms with Gasteiger partial charge in [0.25, 0.3) is 5.91 Å². The highest BCUT2D eigenvalue weighted by Crippen LogP contribution is 2.19. The van der Waals surface area contributed by atoms with E-state index < -0.39 is 34.6 Å². The Morgan fingerprint density at radius 1 is 0.871 bits per heavy atom.